The first-order valence-electron chi connectivity index (χ1n) is 37.8. The van der Waals surface area contributed by atoms with Gasteiger partial charge in [0.25, 0.3) is 0 Å². The molecule has 2 N–H and O–H groups in total. The maximum atomic E-state index is 11.5. The van der Waals surface area contributed by atoms with Crippen molar-refractivity contribution in [3.63, 3.8) is 0 Å². The number of carbonyl (C=O) groups is 6. The number of aliphatic hydroxyl groups excluding tert-OH is 1. The first-order valence-corrected chi connectivity index (χ1v) is 37.8. The van der Waals surface area contributed by atoms with Gasteiger partial charge in [0, 0.05) is 138 Å². The zero-order chi connectivity index (χ0) is 71.4. The number of hydrogen-bond acceptors (Lipinski definition) is 12. The monoisotopic (exact) mass is 1600 g/mol. The van der Waals surface area contributed by atoms with Crippen LogP contribution < -0.4 is 0 Å². The predicted octanol–water partition coefficient (Wildman–Crippen LogP) is 18.7. The molecule has 0 aromatic heterocycles. The predicted molar refractivity (Wildman–Crippen MR) is 381 cm³/mol. The van der Waals surface area contributed by atoms with Crippen LogP contribution in [0.15, 0.2) is 0 Å². The molecule has 16 heteroatoms. The van der Waals surface area contributed by atoms with Gasteiger partial charge < -0.3 is 72.4 Å². The zero-order valence-electron chi connectivity index (χ0n) is 65.5. The topological polar surface area (TPSA) is 189 Å². The van der Waals surface area contributed by atoms with E-state index in [1.54, 1.807) is 17.8 Å². The summed E-state index contributed by atoms with van der Waals surface area (Å²) in [4.78, 5) is 62.7. The second-order valence-corrected chi connectivity index (χ2v) is 33.1. The van der Waals surface area contributed by atoms with Crippen LogP contribution in [0, 0.1) is 173 Å². The molecule has 0 bridgehead atoms. The first-order chi connectivity index (χ1) is 44.6. The molecule has 9 rings (SSSR count). The van der Waals surface area contributed by atoms with E-state index in [4.69, 9.17) is 35.4 Å². The summed E-state index contributed by atoms with van der Waals surface area (Å²) in [6.07, 6.45) is 31.3. The summed E-state index contributed by atoms with van der Waals surface area (Å²) in [5.74, 6) is 17.5. The minimum Gasteiger partial charge on any atom is -0.481 e. The minimum absolute atomic E-state index is 0. The molecule has 9 aliphatic rings. The number of methoxy groups -OCH3 is 5. The number of hydrogen-bond donors (Lipinski definition) is 2. The van der Waals surface area contributed by atoms with Crippen LogP contribution in [0.25, 0.3) is 0 Å². The van der Waals surface area contributed by atoms with Gasteiger partial charge in [-0.05, 0) is 113 Å². The Balaban J connectivity index is 0.000000654. The third-order valence-electron chi connectivity index (χ3n) is 28.0. The Morgan fingerprint density at radius 2 is 0.694 bits per heavy atom. The van der Waals surface area contributed by atoms with Crippen LogP contribution in [0.4, 0.5) is 0 Å². The molecule has 0 aromatic rings. The molecule has 0 amide bonds. The van der Waals surface area contributed by atoms with E-state index >= 15 is 0 Å². The van der Waals surface area contributed by atoms with Gasteiger partial charge >= 0.3 is 35.8 Å². The van der Waals surface area contributed by atoms with Gasteiger partial charge in [-0.1, -0.05) is 178 Å². The summed E-state index contributed by atoms with van der Waals surface area (Å²) in [5.41, 5.74) is 1.21. The molecule has 0 aromatic carbocycles. The SMILES string of the molecule is COC(C)=O.COC(C)=O.COC(C)=O.[CH2-]C1[C@H]([C@@H]2CC[C@H]([C@H](C)CCC(=O)O)[C-]2C)CC[C@@H]2C[C@H](O)CC[C@]12C.[CH2-]C1[C@H]([C@@H]2CC[C@H]([C@H](C)CCC(=O)OC)[C-]2C)CC[C@@H]2C[C@H](C)CC[C@]12C.[CH2-]C1[C@H]([C@@H]2CC[C@H]([C@H](C)CCC(=O)OC)[C-]2C)CC[C@@H]2C[C@H](C)CC[C@]12C.[Y].[Y].[Y]. The summed E-state index contributed by atoms with van der Waals surface area (Å²) in [5, 5.41) is 19.1. The number of carbonyl (C=O) groups excluding carboxylic acids is 5. The molecule has 561 valence electrons. The number of ether oxygens (including phenoxy) is 5. The molecule has 3 unspecified atom stereocenters. The van der Waals surface area contributed by atoms with Crippen molar-refractivity contribution >= 4 is 35.8 Å². The van der Waals surface area contributed by atoms with Crippen LogP contribution in [0.2, 0.25) is 0 Å². The van der Waals surface area contributed by atoms with Crippen molar-refractivity contribution in [1.82, 2.24) is 0 Å². The van der Waals surface area contributed by atoms with Crippen LogP contribution in [0.1, 0.15) is 270 Å². The van der Waals surface area contributed by atoms with Crippen LogP contribution in [0.3, 0.4) is 0 Å². The minimum atomic E-state index is -0.674. The average molecular weight is 1600 g/mol. The first kappa shape index (κ1) is 96.1. The Bertz CT molecular complexity index is 2230. The van der Waals surface area contributed by atoms with Gasteiger partial charge in [-0.15, -0.1) is 0 Å². The number of carboxylic acids is 1. The van der Waals surface area contributed by atoms with Crippen molar-refractivity contribution in [2.24, 2.45) is 135 Å². The number of aliphatic hydroxyl groups is 1. The third kappa shape index (κ3) is 26.5. The molecule has 0 aliphatic heterocycles. The summed E-state index contributed by atoms with van der Waals surface area (Å²) >= 11 is 0. The molecular formula is C82H140O13Y3-6. The molecule has 9 fully saturated rings. The van der Waals surface area contributed by atoms with Crippen molar-refractivity contribution in [3.8, 4) is 0 Å². The van der Waals surface area contributed by atoms with Crippen molar-refractivity contribution < 1.29 is 161 Å². The normalized spacial score (nSPS) is 37.3. The summed E-state index contributed by atoms with van der Waals surface area (Å²) in [7, 11) is 7.04. The fourth-order valence-electron chi connectivity index (χ4n) is 21.1. The number of aliphatic carboxylic acids is 1. The van der Waals surface area contributed by atoms with E-state index in [1.165, 1.54) is 172 Å². The molecule has 0 heterocycles. The smallest absolute Gasteiger partial charge is 0.305 e. The number of esters is 5. The van der Waals surface area contributed by atoms with Gasteiger partial charge in [0.15, 0.2) is 0 Å². The van der Waals surface area contributed by atoms with Crippen molar-refractivity contribution in [2.45, 2.75) is 276 Å². The summed E-state index contributed by atoms with van der Waals surface area (Å²) in [6, 6.07) is 0. The van der Waals surface area contributed by atoms with Gasteiger partial charge in [0.05, 0.1) is 41.7 Å². The third-order valence-corrected chi connectivity index (χ3v) is 28.0. The number of fused-ring (bicyclic) bond motifs is 3. The zero-order valence-corrected chi connectivity index (χ0v) is 74.0. The van der Waals surface area contributed by atoms with Gasteiger partial charge in [-0.3, -0.25) is 28.8 Å². The van der Waals surface area contributed by atoms with E-state index < -0.39 is 5.97 Å². The molecule has 3 radical (unpaired) electrons. The van der Waals surface area contributed by atoms with Crippen LogP contribution in [-0.2, 0) is 151 Å². The summed E-state index contributed by atoms with van der Waals surface area (Å²) < 4.78 is 22.0. The molecule has 24 atom stereocenters. The van der Waals surface area contributed by atoms with Crippen LogP contribution >= 0.6 is 0 Å². The second kappa shape index (κ2) is 45.7. The quantitative estimate of drug-likeness (QED) is 0.0896. The van der Waals surface area contributed by atoms with Crippen molar-refractivity contribution in [3.05, 3.63) is 38.5 Å². The van der Waals surface area contributed by atoms with Gasteiger partial charge in [-0.25, -0.2) is 0 Å². The number of carboxylic acid groups (broad SMARTS) is 1. The Labute approximate surface area is 675 Å². The fraction of sp³-hybridized carbons (Fsp3) is 0.854. The maximum Gasteiger partial charge on any atom is 0.305 e. The van der Waals surface area contributed by atoms with E-state index in [1.807, 2.05) is 0 Å². The Morgan fingerprint density at radius 1 is 0.429 bits per heavy atom. The molecular weight excluding hydrogens is 1460 g/mol. The standard InChI is InChI=1S/2C25H42O2.C23H38O3.3C3H6O2.3Y/c2*1-16-13-14-25(5)19(4)23(9-8-20(25)15-16)22-11-10-21(18(22)3)17(2)7-12-24(26)27-6;1-14(5-10-22(25)26)19-8-9-20(15(19)2)21-7-6-17-13-18(24)11-12-23(17,4)16(21)3;3*1-3(4)5-2;;;/h2*16-17,19-23H,4,7-15H2,1-3,5-6H3;14,16-21,24H,3,5-13H2,1-2,4H3,(H,25,26);3*1-2H3;;;/q3*-2;;;;;;/t2*16-,17-,19?,20-,21-,22-,23-,25-;14-,16?,17-,18-,19-,20-,21-,23-;;;;;;/m111....../s1. The Hall–Kier alpha value is 0.0917. The van der Waals surface area contributed by atoms with Gasteiger partial charge in [0.1, 0.15) is 0 Å². The van der Waals surface area contributed by atoms with Gasteiger partial charge in [0.2, 0.25) is 0 Å². The molecule has 98 heavy (non-hydrogen) atoms. The molecule has 13 nitrogen and oxygen atoms in total. The molecule has 0 spiro atoms. The van der Waals surface area contributed by atoms with E-state index in [0.717, 1.165) is 85.9 Å². The fourth-order valence-corrected chi connectivity index (χ4v) is 21.1. The number of rotatable bonds is 15. The summed E-state index contributed by atoms with van der Waals surface area (Å²) in [6.45, 7) is 44.9. The van der Waals surface area contributed by atoms with Gasteiger partial charge in [-0.2, -0.15) is 74.0 Å². The largest absolute Gasteiger partial charge is 0.481 e. The Morgan fingerprint density at radius 3 is 0.959 bits per heavy atom. The maximum absolute atomic E-state index is 11.5. The molecule has 9 saturated carbocycles. The Kier molecular flexibility index (Phi) is 44.8. The van der Waals surface area contributed by atoms with Crippen LogP contribution in [-0.4, -0.2) is 87.7 Å². The van der Waals surface area contributed by atoms with Crippen molar-refractivity contribution in [1.29, 1.82) is 0 Å². The molecule has 9 aliphatic carbocycles. The van der Waals surface area contributed by atoms with E-state index in [2.05, 4.69) is 90.4 Å². The molecule has 0 saturated heterocycles. The van der Waals surface area contributed by atoms with E-state index in [9.17, 15) is 33.9 Å². The van der Waals surface area contributed by atoms with Crippen LogP contribution in [0.5, 0.6) is 0 Å². The average Bonchev–Trinajstić information content (AvgIpc) is 1.12. The van der Waals surface area contributed by atoms with E-state index in [-0.39, 0.29) is 139 Å². The second-order valence-electron chi connectivity index (χ2n) is 33.1. The van der Waals surface area contributed by atoms with Crippen molar-refractivity contribution in [2.75, 3.05) is 35.5 Å². The van der Waals surface area contributed by atoms with E-state index in [0.29, 0.717) is 101 Å².